The van der Waals surface area contributed by atoms with Crippen LogP contribution in [0.15, 0.2) is 48.5 Å². The highest BCUT2D eigenvalue weighted by atomic mass is 16.5. The third-order valence-corrected chi connectivity index (χ3v) is 4.94. The summed E-state index contributed by atoms with van der Waals surface area (Å²) < 4.78 is 10.5. The van der Waals surface area contributed by atoms with Gasteiger partial charge in [-0.15, -0.1) is 0 Å². The Morgan fingerprint density at radius 2 is 1.70 bits per heavy atom. The van der Waals surface area contributed by atoms with Crippen molar-refractivity contribution in [3.63, 3.8) is 0 Å². The molecule has 1 aliphatic rings. The van der Waals surface area contributed by atoms with Gasteiger partial charge in [-0.05, 0) is 43.5 Å². The van der Waals surface area contributed by atoms with Gasteiger partial charge in [0, 0.05) is 5.56 Å². The highest BCUT2D eigenvalue weighted by Crippen LogP contribution is 2.27. The molecule has 3 amide bonds. The summed E-state index contributed by atoms with van der Waals surface area (Å²) in [4.78, 5) is 26.6. The monoisotopic (exact) mass is 368 g/mol. The molecule has 0 saturated carbocycles. The Hall–Kier alpha value is -3.02. The van der Waals surface area contributed by atoms with Crippen molar-refractivity contribution >= 4 is 11.9 Å². The average molecular weight is 368 g/mol. The molecule has 27 heavy (non-hydrogen) atoms. The molecule has 142 valence electrons. The van der Waals surface area contributed by atoms with Crippen molar-refractivity contribution in [2.24, 2.45) is 0 Å². The third kappa shape index (κ3) is 3.89. The van der Waals surface area contributed by atoms with Gasteiger partial charge in [0.15, 0.2) is 0 Å². The van der Waals surface area contributed by atoms with Gasteiger partial charge in [0.2, 0.25) is 0 Å². The molecule has 2 aromatic rings. The minimum Gasteiger partial charge on any atom is -0.497 e. The Labute approximate surface area is 159 Å². The van der Waals surface area contributed by atoms with Crippen molar-refractivity contribution in [3.05, 3.63) is 59.7 Å². The fourth-order valence-electron chi connectivity index (χ4n) is 3.25. The smallest absolute Gasteiger partial charge is 0.325 e. The Kier molecular flexibility index (Phi) is 5.35. The number of amides is 3. The van der Waals surface area contributed by atoms with Crippen molar-refractivity contribution in [1.29, 1.82) is 0 Å². The molecule has 0 radical (unpaired) electrons. The average Bonchev–Trinajstić information content (AvgIpc) is 2.90. The second kappa shape index (κ2) is 7.70. The van der Waals surface area contributed by atoms with E-state index in [0.717, 1.165) is 16.9 Å². The summed E-state index contributed by atoms with van der Waals surface area (Å²) in [7, 11) is 3.20. The lowest BCUT2D eigenvalue weighted by Crippen LogP contribution is -2.44. The first kappa shape index (κ1) is 18.8. The molecule has 3 rings (SSSR count). The van der Waals surface area contributed by atoms with Gasteiger partial charge in [-0.25, -0.2) is 4.79 Å². The molecule has 0 spiro atoms. The van der Waals surface area contributed by atoms with E-state index >= 15 is 0 Å². The van der Waals surface area contributed by atoms with Crippen LogP contribution in [0.5, 0.6) is 11.5 Å². The molecule has 1 atom stereocenters. The molecule has 0 aliphatic carbocycles. The Morgan fingerprint density at radius 3 is 2.37 bits per heavy atom. The van der Waals surface area contributed by atoms with E-state index in [1.165, 1.54) is 4.90 Å². The van der Waals surface area contributed by atoms with Gasteiger partial charge in [-0.1, -0.05) is 30.3 Å². The highest BCUT2D eigenvalue weighted by molar-refractivity contribution is 6.06. The van der Waals surface area contributed by atoms with Crippen LogP contribution in [0.25, 0.3) is 0 Å². The highest BCUT2D eigenvalue weighted by Gasteiger charge is 2.47. The first-order chi connectivity index (χ1) is 13.0. The SMILES string of the molecule is COc1ccc(CC[C@]2(C)NC(=O)N(Cc3ccccc3OC)C2=O)cc1. The number of hydrogen-bond acceptors (Lipinski definition) is 4. The number of hydrogen-bond donors (Lipinski definition) is 1. The molecule has 0 aromatic heterocycles. The lowest BCUT2D eigenvalue weighted by molar-refractivity contribution is -0.131. The van der Waals surface area contributed by atoms with Crippen LogP contribution in [0.4, 0.5) is 4.79 Å². The van der Waals surface area contributed by atoms with Crippen molar-refractivity contribution in [2.75, 3.05) is 14.2 Å². The number of imide groups is 1. The molecule has 6 heteroatoms. The lowest BCUT2D eigenvalue weighted by atomic mass is 9.93. The number of methoxy groups -OCH3 is 2. The van der Waals surface area contributed by atoms with Crippen molar-refractivity contribution in [1.82, 2.24) is 10.2 Å². The van der Waals surface area contributed by atoms with Crippen LogP contribution in [0.2, 0.25) is 0 Å². The van der Waals surface area contributed by atoms with Crippen molar-refractivity contribution < 1.29 is 19.1 Å². The van der Waals surface area contributed by atoms with Gasteiger partial charge in [-0.3, -0.25) is 9.69 Å². The second-order valence-electron chi connectivity index (χ2n) is 6.81. The lowest BCUT2D eigenvalue weighted by Gasteiger charge is -2.22. The number of benzene rings is 2. The molecule has 1 N–H and O–H groups in total. The van der Waals surface area contributed by atoms with E-state index in [1.807, 2.05) is 48.5 Å². The quantitative estimate of drug-likeness (QED) is 0.763. The predicted molar refractivity (Wildman–Crippen MR) is 102 cm³/mol. The number of para-hydroxylation sites is 1. The number of carbonyl (C=O) groups excluding carboxylic acids is 2. The maximum atomic E-state index is 12.9. The van der Waals surface area contributed by atoms with Crippen LogP contribution in [-0.2, 0) is 17.8 Å². The minimum absolute atomic E-state index is 0.187. The molecule has 1 aliphatic heterocycles. The number of rotatable bonds is 7. The van der Waals surface area contributed by atoms with E-state index in [1.54, 1.807) is 21.1 Å². The van der Waals surface area contributed by atoms with Gasteiger partial charge in [0.1, 0.15) is 17.0 Å². The summed E-state index contributed by atoms with van der Waals surface area (Å²) in [5.74, 6) is 1.23. The third-order valence-electron chi connectivity index (χ3n) is 4.94. The summed E-state index contributed by atoms with van der Waals surface area (Å²) >= 11 is 0. The van der Waals surface area contributed by atoms with Crippen LogP contribution < -0.4 is 14.8 Å². The Balaban J connectivity index is 1.70. The fraction of sp³-hybridized carbons (Fsp3) is 0.333. The molecular weight excluding hydrogens is 344 g/mol. The van der Waals surface area contributed by atoms with E-state index in [0.29, 0.717) is 18.6 Å². The summed E-state index contributed by atoms with van der Waals surface area (Å²) in [5.41, 5.74) is 0.962. The normalized spacial score (nSPS) is 19.1. The first-order valence-corrected chi connectivity index (χ1v) is 8.86. The number of ether oxygens (including phenoxy) is 2. The van der Waals surface area contributed by atoms with Crippen LogP contribution in [0.3, 0.4) is 0 Å². The van der Waals surface area contributed by atoms with E-state index in [9.17, 15) is 9.59 Å². The zero-order chi connectivity index (χ0) is 19.4. The van der Waals surface area contributed by atoms with Gasteiger partial charge >= 0.3 is 6.03 Å². The predicted octanol–water partition coefficient (Wildman–Crippen LogP) is 3.15. The minimum atomic E-state index is -0.918. The summed E-state index contributed by atoms with van der Waals surface area (Å²) in [6, 6.07) is 14.7. The van der Waals surface area contributed by atoms with Gasteiger partial charge < -0.3 is 14.8 Å². The Morgan fingerprint density at radius 1 is 1.00 bits per heavy atom. The largest absolute Gasteiger partial charge is 0.497 e. The molecule has 1 saturated heterocycles. The van der Waals surface area contributed by atoms with Crippen molar-refractivity contribution in [2.45, 2.75) is 31.8 Å². The maximum absolute atomic E-state index is 12.9. The van der Waals surface area contributed by atoms with E-state index in [2.05, 4.69) is 5.32 Å². The first-order valence-electron chi connectivity index (χ1n) is 8.86. The number of aryl methyl sites for hydroxylation is 1. The van der Waals surface area contributed by atoms with E-state index in [-0.39, 0.29) is 18.5 Å². The zero-order valence-electron chi connectivity index (χ0n) is 15.8. The number of nitrogens with one attached hydrogen (secondary N) is 1. The van der Waals surface area contributed by atoms with E-state index < -0.39 is 5.54 Å². The number of nitrogens with zero attached hydrogens (tertiary/aromatic N) is 1. The van der Waals surface area contributed by atoms with Crippen LogP contribution in [-0.4, -0.2) is 36.6 Å². The summed E-state index contributed by atoms with van der Waals surface area (Å²) in [6.07, 6.45) is 1.20. The fourth-order valence-corrected chi connectivity index (χ4v) is 3.25. The standard InChI is InChI=1S/C21H24N2O4/c1-21(13-12-15-8-10-17(26-2)11-9-15)19(24)23(20(25)22-21)14-16-6-4-5-7-18(16)27-3/h4-11H,12-14H2,1-3H3,(H,22,25)/t21-/m0/s1. The summed E-state index contributed by atoms with van der Waals surface area (Å²) in [6.45, 7) is 1.96. The molecular formula is C21H24N2O4. The number of urea groups is 1. The van der Waals surface area contributed by atoms with Crippen LogP contribution in [0, 0.1) is 0 Å². The summed E-state index contributed by atoms with van der Waals surface area (Å²) in [5, 5.41) is 2.85. The van der Waals surface area contributed by atoms with Crippen LogP contribution >= 0.6 is 0 Å². The second-order valence-corrected chi connectivity index (χ2v) is 6.81. The molecule has 0 unspecified atom stereocenters. The molecule has 2 aromatic carbocycles. The van der Waals surface area contributed by atoms with Gasteiger partial charge in [0.25, 0.3) is 5.91 Å². The van der Waals surface area contributed by atoms with Gasteiger partial charge in [-0.2, -0.15) is 0 Å². The Bertz CT molecular complexity index is 834. The molecule has 6 nitrogen and oxygen atoms in total. The molecule has 1 fully saturated rings. The zero-order valence-corrected chi connectivity index (χ0v) is 15.8. The molecule has 1 heterocycles. The van der Waals surface area contributed by atoms with E-state index in [4.69, 9.17) is 9.47 Å². The van der Waals surface area contributed by atoms with Crippen molar-refractivity contribution in [3.8, 4) is 11.5 Å². The van der Waals surface area contributed by atoms with Gasteiger partial charge in [0.05, 0.1) is 20.8 Å². The topological polar surface area (TPSA) is 67.9 Å². The molecule has 0 bridgehead atoms. The maximum Gasteiger partial charge on any atom is 0.325 e. The number of carbonyl (C=O) groups is 2. The van der Waals surface area contributed by atoms with Crippen LogP contribution in [0.1, 0.15) is 24.5 Å².